The van der Waals surface area contributed by atoms with Crippen LogP contribution in [-0.2, 0) is 9.84 Å². The molecule has 2 aromatic rings. The van der Waals surface area contributed by atoms with Crippen molar-refractivity contribution in [2.75, 3.05) is 0 Å². The molecule has 2 aliphatic carbocycles. The Hall–Kier alpha value is -2.13. The fraction of sp³-hybridized carbons (Fsp3) is 0.111. The van der Waals surface area contributed by atoms with Gasteiger partial charge in [-0.1, -0.05) is 72.8 Å². The summed E-state index contributed by atoms with van der Waals surface area (Å²) in [6.07, 6.45) is 7.41. The maximum Gasteiger partial charge on any atom is 0.171 e. The van der Waals surface area contributed by atoms with Crippen LogP contribution in [0.2, 0.25) is 0 Å². The molecule has 21 heavy (non-hydrogen) atoms. The predicted molar refractivity (Wildman–Crippen MR) is 85.4 cm³/mol. The summed E-state index contributed by atoms with van der Waals surface area (Å²) in [6.45, 7) is 0. The maximum atomic E-state index is 13.1. The van der Waals surface area contributed by atoms with Crippen LogP contribution >= 0.6 is 0 Å². The molecule has 0 saturated heterocycles. The van der Waals surface area contributed by atoms with Gasteiger partial charge in [0, 0.05) is 0 Å². The topological polar surface area (TPSA) is 34.1 Å². The van der Waals surface area contributed by atoms with Gasteiger partial charge in [0.2, 0.25) is 0 Å². The minimum absolute atomic E-state index is 0.547. The lowest BCUT2D eigenvalue weighted by atomic mass is 10.1. The summed E-state index contributed by atoms with van der Waals surface area (Å²) in [7, 11) is -3.34. The number of rotatable bonds is 2. The maximum absolute atomic E-state index is 13.1. The summed E-state index contributed by atoms with van der Waals surface area (Å²) in [6, 6.07) is 15.4. The first-order valence-corrected chi connectivity index (χ1v) is 8.56. The van der Waals surface area contributed by atoms with E-state index in [1.165, 1.54) is 0 Å². The summed E-state index contributed by atoms with van der Waals surface area (Å²) in [5.41, 5.74) is 3.77. The fourth-order valence-corrected chi connectivity index (χ4v) is 5.21. The lowest BCUT2D eigenvalue weighted by Crippen LogP contribution is -2.17. The van der Waals surface area contributed by atoms with Crippen molar-refractivity contribution in [2.24, 2.45) is 0 Å². The van der Waals surface area contributed by atoms with E-state index in [0.29, 0.717) is 0 Å². The summed E-state index contributed by atoms with van der Waals surface area (Å²) in [5, 5.41) is -1.09. The summed E-state index contributed by atoms with van der Waals surface area (Å²) in [5.74, 6) is 0. The van der Waals surface area contributed by atoms with Gasteiger partial charge < -0.3 is 0 Å². The van der Waals surface area contributed by atoms with E-state index >= 15 is 0 Å². The van der Waals surface area contributed by atoms with E-state index < -0.39 is 20.3 Å². The van der Waals surface area contributed by atoms with Crippen molar-refractivity contribution in [1.29, 1.82) is 0 Å². The van der Waals surface area contributed by atoms with Gasteiger partial charge in [-0.25, -0.2) is 8.42 Å². The zero-order valence-electron chi connectivity index (χ0n) is 11.3. The van der Waals surface area contributed by atoms with E-state index in [4.69, 9.17) is 0 Å². The molecule has 0 saturated carbocycles. The Morgan fingerprint density at radius 2 is 1.10 bits per heavy atom. The van der Waals surface area contributed by atoms with Crippen molar-refractivity contribution < 1.29 is 8.42 Å². The lowest BCUT2D eigenvalue weighted by molar-refractivity contribution is 0.585. The van der Waals surface area contributed by atoms with Crippen molar-refractivity contribution in [3.8, 4) is 0 Å². The van der Waals surface area contributed by atoms with Gasteiger partial charge in [0.25, 0.3) is 0 Å². The van der Waals surface area contributed by atoms with E-state index in [0.717, 1.165) is 22.3 Å². The van der Waals surface area contributed by atoms with Crippen LogP contribution in [-0.4, -0.2) is 8.42 Å². The Kier molecular flexibility index (Phi) is 2.66. The monoisotopic (exact) mass is 294 g/mol. The molecule has 2 nitrogen and oxygen atoms in total. The molecule has 0 aliphatic heterocycles. The van der Waals surface area contributed by atoms with Crippen LogP contribution in [0.4, 0.5) is 0 Å². The van der Waals surface area contributed by atoms with Gasteiger partial charge >= 0.3 is 0 Å². The molecule has 0 amide bonds. The van der Waals surface area contributed by atoms with Crippen LogP contribution in [0.15, 0.2) is 60.7 Å². The van der Waals surface area contributed by atoms with Crippen molar-refractivity contribution in [3.63, 3.8) is 0 Å². The molecular weight excluding hydrogens is 280 g/mol. The lowest BCUT2D eigenvalue weighted by Gasteiger charge is -2.18. The molecule has 0 fully saturated rings. The van der Waals surface area contributed by atoms with E-state index in [9.17, 15) is 8.42 Å². The molecular formula is C18H14O2S. The summed E-state index contributed by atoms with van der Waals surface area (Å²) < 4.78 is 26.1. The second kappa shape index (κ2) is 4.43. The van der Waals surface area contributed by atoms with Gasteiger partial charge in [-0.05, 0) is 22.3 Å². The van der Waals surface area contributed by atoms with Crippen molar-refractivity contribution in [1.82, 2.24) is 0 Å². The first-order valence-electron chi connectivity index (χ1n) is 6.95. The highest BCUT2D eigenvalue weighted by molar-refractivity contribution is 7.92. The molecule has 0 N–H and O–H groups in total. The van der Waals surface area contributed by atoms with Crippen LogP contribution in [0.5, 0.6) is 0 Å². The molecule has 0 aromatic heterocycles. The highest BCUT2D eigenvalue weighted by Crippen LogP contribution is 2.44. The molecule has 2 atom stereocenters. The van der Waals surface area contributed by atoms with E-state index in [-0.39, 0.29) is 0 Å². The average Bonchev–Trinajstić information content (AvgIpc) is 3.12. The van der Waals surface area contributed by atoms with Crippen LogP contribution in [0.1, 0.15) is 32.8 Å². The van der Waals surface area contributed by atoms with Gasteiger partial charge in [-0.3, -0.25) is 0 Å². The third kappa shape index (κ3) is 1.81. The van der Waals surface area contributed by atoms with Crippen molar-refractivity contribution in [3.05, 3.63) is 82.9 Å². The molecule has 0 heterocycles. The third-order valence-electron chi connectivity index (χ3n) is 4.21. The van der Waals surface area contributed by atoms with Crippen LogP contribution in [0.25, 0.3) is 12.2 Å². The zero-order chi connectivity index (χ0) is 14.4. The Balaban J connectivity index is 1.81. The largest absolute Gasteiger partial charge is 0.227 e. The van der Waals surface area contributed by atoms with Gasteiger partial charge in [0.05, 0.1) is 0 Å². The van der Waals surface area contributed by atoms with Gasteiger partial charge in [0.15, 0.2) is 9.84 Å². The highest BCUT2D eigenvalue weighted by Gasteiger charge is 2.38. The number of sulfone groups is 1. The normalized spacial score (nSPS) is 22.3. The van der Waals surface area contributed by atoms with E-state index in [1.807, 2.05) is 60.7 Å². The Morgan fingerprint density at radius 3 is 1.57 bits per heavy atom. The Morgan fingerprint density at radius 1 is 0.667 bits per heavy atom. The number of fused-ring (bicyclic) bond motifs is 2. The predicted octanol–water partition coefficient (Wildman–Crippen LogP) is 3.94. The van der Waals surface area contributed by atoms with Gasteiger partial charge in [0.1, 0.15) is 10.5 Å². The number of benzene rings is 2. The molecule has 3 heteroatoms. The smallest absolute Gasteiger partial charge is 0.171 e. The van der Waals surface area contributed by atoms with Crippen molar-refractivity contribution >= 4 is 22.0 Å². The minimum atomic E-state index is -3.34. The van der Waals surface area contributed by atoms with E-state index in [1.54, 1.807) is 12.2 Å². The molecule has 2 aliphatic rings. The van der Waals surface area contributed by atoms with Crippen LogP contribution in [0.3, 0.4) is 0 Å². The fourth-order valence-electron chi connectivity index (χ4n) is 3.16. The number of hydrogen-bond acceptors (Lipinski definition) is 2. The minimum Gasteiger partial charge on any atom is -0.227 e. The standard InChI is InChI=1S/C18H14O2S/c19-21(20,17-11-9-13-5-1-3-7-15(13)17)18-12-10-14-6-2-4-8-16(14)18/h1-12,17-18H. The number of hydrogen-bond donors (Lipinski definition) is 0. The SMILES string of the molecule is O=S(=O)(C1C=Cc2ccccc21)C1C=Cc2ccccc21. The first kappa shape index (κ1) is 12.6. The van der Waals surface area contributed by atoms with Crippen LogP contribution in [0, 0.1) is 0 Å². The Bertz CT molecular complexity index is 808. The van der Waals surface area contributed by atoms with Gasteiger partial charge in [-0.15, -0.1) is 0 Å². The average molecular weight is 294 g/mol. The zero-order valence-corrected chi connectivity index (χ0v) is 12.1. The molecule has 2 aromatic carbocycles. The molecule has 2 unspecified atom stereocenters. The molecule has 0 bridgehead atoms. The highest BCUT2D eigenvalue weighted by atomic mass is 32.2. The first-order chi connectivity index (χ1) is 10.2. The Labute approximate surface area is 124 Å². The van der Waals surface area contributed by atoms with Crippen molar-refractivity contribution in [2.45, 2.75) is 10.5 Å². The second-order valence-electron chi connectivity index (χ2n) is 5.41. The van der Waals surface area contributed by atoms with E-state index in [2.05, 4.69) is 0 Å². The van der Waals surface area contributed by atoms with Crippen LogP contribution < -0.4 is 0 Å². The molecule has 0 spiro atoms. The molecule has 4 rings (SSSR count). The third-order valence-corrected chi connectivity index (χ3v) is 6.45. The summed E-state index contributed by atoms with van der Waals surface area (Å²) >= 11 is 0. The quantitative estimate of drug-likeness (QED) is 0.840. The second-order valence-corrected chi connectivity index (χ2v) is 7.60. The molecule has 0 radical (unpaired) electrons. The molecule has 104 valence electrons. The summed E-state index contributed by atoms with van der Waals surface area (Å²) in [4.78, 5) is 0. The van der Waals surface area contributed by atoms with Gasteiger partial charge in [-0.2, -0.15) is 0 Å².